The first-order chi connectivity index (χ1) is 4.95. The lowest BCUT2D eigenvalue weighted by atomic mass is 10.4. The van der Waals surface area contributed by atoms with Gasteiger partial charge in [-0.15, -0.1) is 0 Å². The third-order valence-corrected chi connectivity index (χ3v) is 1.18. The van der Waals surface area contributed by atoms with Crippen molar-refractivity contribution in [1.29, 1.82) is 0 Å². The van der Waals surface area contributed by atoms with Gasteiger partial charge in [0.2, 0.25) is 4.84 Å². The largest absolute Gasteiger partial charge is 0.479 e. The molecule has 0 aliphatic carbocycles. The molecule has 0 rings (SSSR count). The van der Waals surface area contributed by atoms with Crippen LogP contribution in [0.1, 0.15) is 6.92 Å². The number of rotatable bonds is 3. The van der Waals surface area contributed by atoms with E-state index in [4.69, 9.17) is 28.3 Å². The lowest BCUT2D eigenvalue weighted by molar-refractivity contribution is -0.161. The van der Waals surface area contributed by atoms with E-state index in [2.05, 4.69) is 4.74 Å². The summed E-state index contributed by atoms with van der Waals surface area (Å²) in [6.45, 7) is 1.20. The van der Waals surface area contributed by atoms with Gasteiger partial charge in [0.15, 0.2) is 6.10 Å². The first-order valence-electron chi connectivity index (χ1n) is 2.66. The summed E-state index contributed by atoms with van der Waals surface area (Å²) >= 11 is 10.1. The molecule has 1 N–H and O–H groups in total. The Labute approximate surface area is 73.0 Å². The average molecular weight is 201 g/mol. The topological polar surface area (TPSA) is 63.6 Å². The number of ether oxygens (including phenoxy) is 1. The van der Waals surface area contributed by atoms with E-state index in [1.165, 1.54) is 6.92 Å². The molecule has 1 unspecified atom stereocenters. The molecular weight excluding hydrogens is 195 g/mol. The van der Waals surface area contributed by atoms with Crippen LogP contribution < -0.4 is 0 Å². The van der Waals surface area contributed by atoms with Gasteiger partial charge in [0.25, 0.3) is 0 Å². The van der Waals surface area contributed by atoms with Gasteiger partial charge in [-0.05, 0) is 6.92 Å². The van der Waals surface area contributed by atoms with Crippen LogP contribution in [0.2, 0.25) is 0 Å². The molecule has 6 heteroatoms. The van der Waals surface area contributed by atoms with Crippen LogP contribution in [0.15, 0.2) is 0 Å². The Morgan fingerprint density at radius 2 is 1.91 bits per heavy atom. The molecule has 64 valence electrons. The molecule has 0 aromatic carbocycles. The first kappa shape index (κ1) is 10.5. The van der Waals surface area contributed by atoms with Crippen LogP contribution in [0.25, 0.3) is 0 Å². The summed E-state index contributed by atoms with van der Waals surface area (Å²) in [6.07, 6.45) is -1.22. The number of esters is 1. The van der Waals surface area contributed by atoms with E-state index < -0.39 is 22.9 Å². The number of carbonyl (C=O) groups excluding carboxylic acids is 1. The normalized spacial score (nSPS) is 12.7. The Morgan fingerprint density at radius 1 is 1.45 bits per heavy atom. The molecule has 0 aliphatic heterocycles. The van der Waals surface area contributed by atoms with Crippen molar-refractivity contribution in [3.05, 3.63) is 0 Å². The van der Waals surface area contributed by atoms with E-state index in [1.54, 1.807) is 0 Å². The monoisotopic (exact) mass is 200 g/mol. The van der Waals surface area contributed by atoms with Gasteiger partial charge in [0.05, 0.1) is 0 Å². The Kier molecular flexibility index (Phi) is 4.22. The number of carbonyl (C=O) groups is 2. The zero-order valence-electron chi connectivity index (χ0n) is 5.58. The standard InChI is InChI=1S/C5H6Cl2O4/c1-2(4(8)9)11-5(10)3(6)7/h2-3H,1H3,(H,8,9). The highest BCUT2D eigenvalue weighted by Gasteiger charge is 2.20. The number of hydrogen-bond acceptors (Lipinski definition) is 3. The van der Waals surface area contributed by atoms with E-state index in [9.17, 15) is 9.59 Å². The molecule has 0 bridgehead atoms. The lowest BCUT2D eigenvalue weighted by Gasteiger charge is -2.07. The van der Waals surface area contributed by atoms with Crippen molar-refractivity contribution in [3.8, 4) is 0 Å². The maximum atomic E-state index is 10.5. The van der Waals surface area contributed by atoms with Crippen LogP contribution in [0.5, 0.6) is 0 Å². The van der Waals surface area contributed by atoms with Gasteiger partial charge >= 0.3 is 11.9 Å². The van der Waals surface area contributed by atoms with Crippen LogP contribution in [0.4, 0.5) is 0 Å². The second kappa shape index (κ2) is 4.41. The minimum atomic E-state index is -1.34. The predicted octanol–water partition coefficient (Wildman–Crippen LogP) is 0.806. The number of alkyl halides is 2. The quantitative estimate of drug-likeness (QED) is 0.541. The zero-order valence-corrected chi connectivity index (χ0v) is 7.09. The highest BCUT2D eigenvalue weighted by atomic mass is 35.5. The van der Waals surface area contributed by atoms with Crippen molar-refractivity contribution in [2.45, 2.75) is 17.9 Å². The van der Waals surface area contributed by atoms with Crippen LogP contribution in [0, 0.1) is 0 Å². The fourth-order valence-electron chi connectivity index (χ4n) is 0.276. The smallest absolute Gasteiger partial charge is 0.344 e. The fraction of sp³-hybridized carbons (Fsp3) is 0.600. The van der Waals surface area contributed by atoms with Crippen LogP contribution in [-0.4, -0.2) is 28.0 Å². The number of hydrogen-bond donors (Lipinski definition) is 1. The summed E-state index contributed by atoms with van der Waals surface area (Å²) < 4.78 is 4.27. The minimum absolute atomic E-state index is 0.955. The zero-order chi connectivity index (χ0) is 9.02. The van der Waals surface area contributed by atoms with E-state index >= 15 is 0 Å². The second-order valence-corrected chi connectivity index (χ2v) is 2.81. The number of carboxylic acids is 1. The van der Waals surface area contributed by atoms with Gasteiger partial charge in [-0.25, -0.2) is 9.59 Å². The molecule has 0 heterocycles. The Hall–Kier alpha value is -0.480. The minimum Gasteiger partial charge on any atom is -0.479 e. The molecular formula is C5H6Cl2O4. The Morgan fingerprint density at radius 3 is 2.18 bits per heavy atom. The van der Waals surface area contributed by atoms with Crippen LogP contribution in [-0.2, 0) is 14.3 Å². The van der Waals surface area contributed by atoms with Crippen molar-refractivity contribution in [2.24, 2.45) is 0 Å². The van der Waals surface area contributed by atoms with Crippen LogP contribution in [0.3, 0.4) is 0 Å². The lowest BCUT2D eigenvalue weighted by Crippen LogP contribution is -2.26. The Balaban J connectivity index is 3.85. The molecule has 0 aromatic heterocycles. The summed E-state index contributed by atoms with van der Waals surface area (Å²) in [4.78, 5) is 19.3. The SMILES string of the molecule is CC(OC(=O)C(Cl)Cl)C(=O)O. The maximum absolute atomic E-state index is 10.5. The van der Waals surface area contributed by atoms with Crippen LogP contribution >= 0.6 is 23.2 Å². The first-order valence-corrected chi connectivity index (χ1v) is 3.54. The summed E-state index contributed by atoms with van der Waals surface area (Å²) in [5.41, 5.74) is 0. The predicted molar refractivity (Wildman–Crippen MR) is 38.7 cm³/mol. The molecule has 0 spiro atoms. The fourth-order valence-corrected chi connectivity index (χ4v) is 0.379. The molecule has 0 saturated carbocycles. The second-order valence-electron chi connectivity index (χ2n) is 1.72. The third-order valence-electron chi connectivity index (χ3n) is 0.819. The highest BCUT2D eigenvalue weighted by molar-refractivity contribution is 6.52. The van der Waals surface area contributed by atoms with Crippen molar-refractivity contribution in [1.82, 2.24) is 0 Å². The molecule has 0 amide bonds. The van der Waals surface area contributed by atoms with E-state index in [0.29, 0.717) is 0 Å². The highest BCUT2D eigenvalue weighted by Crippen LogP contribution is 2.05. The van der Waals surface area contributed by atoms with Gasteiger partial charge in [-0.3, -0.25) is 0 Å². The summed E-state index contributed by atoms with van der Waals surface area (Å²) in [7, 11) is 0. The van der Waals surface area contributed by atoms with Gasteiger partial charge in [0, 0.05) is 0 Å². The number of carboxylic acid groups (broad SMARTS) is 1. The molecule has 4 nitrogen and oxygen atoms in total. The van der Waals surface area contributed by atoms with Crippen molar-refractivity contribution < 1.29 is 19.4 Å². The van der Waals surface area contributed by atoms with E-state index in [-0.39, 0.29) is 0 Å². The molecule has 1 atom stereocenters. The van der Waals surface area contributed by atoms with Crippen molar-refractivity contribution >= 4 is 35.1 Å². The third kappa shape index (κ3) is 4.06. The van der Waals surface area contributed by atoms with Crippen molar-refractivity contribution in [2.75, 3.05) is 0 Å². The maximum Gasteiger partial charge on any atom is 0.344 e. The number of halogens is 2. The summed E-state index contributed by atoms with van der Waals surface area (Å²) in [5, 5.41) is 8.25. The van der Waals surface area contributed by atoms with Gasteiger partial charge in [0.1, 0.15) is 0 Å². The van der Waals surface area contributed by atoms with Gasteiger partial charge in [-0.2, -0.15) is 0 Å². The summed E-state index contributed by atoms with van der Waals surface area (Å²) in [6, 6.07) is 0. The molecule has 0 radical (unpaired) electrons. The number of aliphatic carboxylic acids is 1. The Bertz CT molecular complexity index is 168. The molecule has 0 aliphatic rings. The molecule has 0 aromatic rings. The van der Waals surface area contributed by atoms with Gasteiger partial charge in [-0.1, -0.05) is 23.2 Å². The molecule has 0 fully saturated rings. The van der Waals surface area contributed by atoms with E-state index in [1.807, 2.05) is 0 Å². The summed E-state index contributed by atoms with van der Waals surface area (Å²) in [5.74, 6) is -2.20. The average Bonchev–Trinajstić information content (AvgIpc) is 1.87. The molecule has 11 heavy (non-hydrogen) atoms. The van der Waals surface area contributed by atoms with Crippen molar-refractivity contribution in [3.63, 3.8) is 0 Å². The van der Waals surface area contributed by atoms with Gasteiger partial charge < -0.3 is 9.84 Å². The molecule has 0 saturated heterocycles. The van der Waals surface area contributed by atoms with E-state index in [0.717, 1.165) is 0 Å².